The van der Waals surface area contributed by atoms with Crippen LogP contribution in [0.4, 0.5) is 5.82 Å². The number of para-hydroxylation sites is 1. The van der Waals surface area contributed by atoms with Gasteiger partial charge in [0.2, 0.25) is 5.76 Å². The molecule has 0 radical (unpaired) electrons. The highest BCUT2D eigenvalue weighted by Crippen LogP contribution is 2.40. The molecule has 0 saturated heterocycles. The Labute approximate surface area is 176 Å². The van der Waals surface area contributed by atoms with Crippen LogP contribution >= 0.6 is 11.6 Å². The van der Waals surface area contributed by atoms with Crippen molar-refractivity contribution in [2.24, 2.45) is 0 Å². The molecule has 0 saturated carbocycles. The molecule has 0 N–H and O–H groups in total. The van der Waals surface area contributed by atoms with Crippen molar-refractivity contribution in [3.8, 4) is 5.75 Å². The second-order valence-electron chi connectivity index (χ2n) is 6.86. The number of hydrogen-bond donors (Lipinski definition) is 0. The van der Waals surface area contributed by atoms with E-state index in [-0.39, 0.29) is 11.2 Å². The van der Waals surface area contributed by atoms with Crippen molar-refractivity contribution in [1.82, 2.24) is 4.98 Å². The first-order valence-electron chi connectivity index (χ1n) is 9.23. The maximum Gasteiger partial charge on any atom is 0.296 e. The van der Waals surface area contributed by atoms with Crippen LogP contribution in [0.1, 0.15) is 27.7 Å². The van der Waals surface area contributed by atoms with Gasteiger partial charge in [-0.1, -0.05) is 35.9 Å². The smallest absolute Gasteiger partial charge is 0.296 e. The molecule has 0 bridgehead atoms. The lowest BCUT2D eigenvalue weighted by atomic mass is 9.98. The maximum atomic E-state index is 13.4. The monoisotopic (exact) mass is 418 g/mol. The summed E-state index contributed by atoms with van der Waals surface area (Å²) in [4.78, 5) is 32.6. The van der Waals surface area contributed by atoms with E-state index in [1.54, 1.807) is 55.6 Å². The van der Waals surface area contributed by atoms with Crippen molar-refractivity contribution >= 4 is 34.3 Å². The summed E-state index contributed by atoms with van der Waals surface area (Å²) in [7, 11) is 1.58. The summed E-state index contributed by atoms with van der Waals surface area (Å²) in [6.45, 7) is 0. The summed E-state index contributed by atoms with van der Waals surface area (Å²) in [6, 6.07) is 16.7. The fraction of sp³-hybridized carbons (Fsp3) is 0.0870. The number of carbonyl (C=O) groups excluding carboxylic acids is 1. The van der Waals surface area contributed by atoms with Crippen LogP contribution in [0.15, 0.2) is 76.1 Å². The molecule has 5 rings (SSSR count). The zero-order chi connectivity index (χ0) is 20.8. The molecule has 1 amide bonds. The van der Waals surface area contributed by atoms with Gasteiger partial charge in [0, 0.05) is 6.20 Å². The van der Waals surface area contributed by atoms with Crippen molar-refractivity contribution in [3.63, 3.8) is 0 Å². The van der Waals surface area contributed by atoms with E-state index in [2.05, 4.69) is 4.98 Å². The maximum absolute atomic E-state index is 13.4. The number of ether oxygens (including phenoxy) is 1. The van der Waals surface area contributed by atoms with Crippen LogP contribution in [0.3, 0.4) is 0 Å². The van der Waals surface area contributed by atoms with Crippen LogP contribution in [0.5, 0.6) is 5.75 Å². The fourth-order valence-electron chi connectivity index (χ4n) is 3.77. The van der Waals surface area contributed by atoms with E-state index in [1.807, 2.05) is 12.1 Å². The number of aromatic nitrogens is 1. The van der Waals surface area contributed by atoms with Crippen LogP contribution in [-0.2, 0) is 0 Å². The van der Waals surface area contributed by atoms with E-state index >= 15 is 0 Å². The summed E-state index contributed by atoms with van der Waals surface area (Å²) in [5.41, 5.74) is 1.16. The number of anilines is 1. The number of fused-ring (bicyclic) bond motifs is 2. The molecule has 0 fully saturated rings. The number of pyridine rings is 1. The molecule has 1 aliphatic rings. The van der Waals surface area contributed by atoms with E-state index in [9.17, 15) is 9.59 Å². The summed E-state index contributed by atoms with van der Waals surface area (Å²) >= 11 is 5.98. The highest BCUT2D eigenvalue weighted by molar-refractivity contribution is 6.30. The molecular weight excluding hydrogens is 404 g/mol. The number of nitrogens with zero attached hydrogens (tertiary/aromatic N) is 2. The molecule has 0 unspecified atom stereocenters. The third kappa shape index (κ3) is 2.76. The molecule has 1 aliphatic heterocycles. The third-order valence-corrected chi connectivity index (χ3v) is 5.39. The number of carbonyl (C=O) groups is 1. The van der Waals surface area contributed by atoms with Crippen molar-refractivity contribution < 1.29 is 13.9 Å². The number of benzene rings is 2. The van der Waals surface area contributed by atoms with Crippen LogP contribution < -0.4 is 15.1 Å². The van der Waals surface area contributed by atoms with Crippen molar-refractivity contribution in [3.05, 3.63) is 99.0 Å². The summed E-state index contributed by atoms with van der Waals surface area (Å²) in [5.74, 6) is 0.643. The number of methoxy groups -OCH3 is 1. The first kappa shape index (κ1) is 18.4. The second kappa shape index (κ2) is 7.00. The van der Waals surface area contributed by atoms with Gasteiger partial charge in [0.25, 0.3) is 5.91 Å². The second-order valence-corrected chi connectivity index (χ2v) is 7.29. The van der Waals surface area contributed by atoms with Gasteiger partial charge >= 0.3 is 0 Å². The van der Waals surface area contributed by atoms with E-state index in [0.717, 1.165) is 5.56 Å². The molecule has 0 spiro atoms. The van der Waals surface area contributed by atoms with Crippen LogP contribution in [0.2, 0.25) is 5.02 Å². The minimum absolute atomic E-state index is 0.0243. The molecule has 1 atom stereocenters. The van der Waals surface area contributed by atoms with E-state index in [1.165, 1.54) is 11.1 Å². The van der Waals surface area contributed by atoms with Gasteiger partial charge in [0.05, 0.1) is 29.1 Å². The molecule has 4 aromatic rings. The highest BCUT2D eigenvalue weighted by Gasteiger charge is 2.44. The predicted octanol–water partition coefficient (Wildman–Crippen LogP) is 4.60. The Hall–Kier alpha value is -3.64. The lowest BCUT2D eigenvalue weighted by molar-refractivity contribution is 0.0970. The minimum Gasteiger partial charge on any atom is -0.497 e. The van der Waals surface area contributed by atoms with E-state index in [4.69, 9.17) is 20.8 Å². The Bertz CT molecular complexity index is 1330. The molecule has 148 valence electrons. The Kier molecular flexibility index (Phi) is 4.29. The fourth-order valence-corrected chi connectivity index (χ4v) is 3.88. The summed E-state index contributed by atoms with van der Waals surface area (Å²) < 4.78 is 11.1. The average Bonchev–Trinajstić information content (AvgIpc) is 3.07. The molecule has 0 aliphatic carbocycles. The highest BCUT2D eigenvalue weighted by atomic mass is 35.5. The van der Waals surface area contributed by atoms with Gasteiger partial charge in [-0.05, 0) is 42.0 Å². The molecule has 3 heterocycles. The average molecular weight is 419 g/mol. The molecular formula is C23H15ClN2O4. The lowest BCUT2D eigenvalue weighted by Crippen LogP contribution is -2.30. The number of rotatable bonds is 3. The summed E-state index contributed by atoms with van der Waals surface area (Å²) in [5, 5.41) is 0.873. The summed E-state index contributed by atoms with van der Waals surface area (Å²) in [6.07, 6.45) is 1.46. The molecule has 2 aromatic carbocycles. The number of halogens is 1. The van der Waals surface area contributed by atoms with Gasteiger partial charge in [0.15, 0.2) is 5.43 Å². The molecule has 30 heavy (non-hydrogen) atoms. The standard InChI is InChI=1S/C23H15ClN2O4/c1-29-15-9-6-13(7-10-15)20-19-21(27)16-4-2-3-5-17(16)30-22(19)23(28)26(20)18-11-8-14(24)12-25-18/h2-12,20H,1H3/t20-/m0/s1. The first-order chi connectivity index (χ1) is 14.6. The van der Waals surface area contributed by atoms with E-state index < -0.39 is 11.9 Å². The Balaban J connectivity index is 1.78. The quantitative estimate of drug-likeness (QED) is 0.486. The van der Waals surface area contributed by atoms with Gasteiger partial charge in [0.1, 0.15) is 17.2 Å². The van der Waals surface area contributed by atoms with Crippen LogP contribution in [-0.4, -0.2) is 18.0 Å². The number of hydrogen-bond acceptors (Lipinski definition) is 5. The third-order valence-electron chi connectivity index (χ3n) is 5.17. The Morgan fingerprint density at radius 2 is 1.80 bits per heavy atom. The van der Waals surface area contributed by atoms with Crippen molar-refractivity contribution in [2.75, 3.05) is 12.0 Å². The first-order valence-corrected chi connectivity index (χ1v) is 9.61. The Morgan fingerprint density at radius 1 is 1.03 bits per heavy atom. The van der Waals surface area contributed by atoms with Crippen LogP contribution in [0.25, 0.3) is 11.0 Å². The van der Waals surface area contributed by atoms with Gasteiger partial charge in [-0.25, -0.2) is 4.98 Å². The SMILES string of the molecule is COc1ccc([C@H]2c3c(oc4ccccc4c3=O)C(=O)N2c2ccc(Cl)cn2)cc1. The van der Waals surface area contributed by atoms with Crippen molar-refractivity contribution in [2.45, 2.75) is 6.04 Å². The van der Waals surface area contributed by atoms with Gasteiger partial charge in [-0.15, -0.1) is 0 Å². The number of amides is 1. The topological polar surface area (TPSA) is 72.6 Å². The predicted molar refractivity (Wildman–Crippen MR) is 113 cm³/mol. The van der Waals surface area contributed by atoms with E-state index in [0.29, 0.717) is 33.1 Å². The molecule has 7 heteroatoms. The zero-order valence-electron chi connectivity index (χ0n) is 15.8. The van der Waals surface area contributed by atoms with Gasteiger partial charge < -0.3 is 9.15 Å². The molecule has 6 nitrogen and oxygen atoms in total. The zero-order valence-corrected chi connectivity index (χ0v) is 16.6. The van der Waals surface area contributed by atoms with Crippen LogP contribution in [0, 0.1) is 0 Å². The molecule has 2 aromatic heterocycles. The Morgan fingerprint density at radius 3 is 2.50 bits per heavy atom. The normalized spacial score (nSPS) is 15.5. The lowest BCUT2D eigenvalue weighted by Gasteiger charge is -2.24. The largest absolute Gasteiger partial charge is 0.497 e. The minimum atomic E-state index is -0.687. The van der Waals surface area contributed by atoms with Gasteiger partial charge in [-0.2, -0.15) is 0 Å². The van der Waals surface area contributed by atoms with Gasteiger partial charge in [-0.3, -0.25) is 14.5 Å². The van der Waals surface area contributed by atoms with Crippen molar-refractivity contribution in [1.29, 1.82) is 0 Å².